The molecule has 2 aromatic rings. The smallest absolute Gasteiger partial charge is 0.127 e. The summed E-state index contributed by atoms with van der Waals surface area (Å²) < 4.78 is 19.6. The van der Waals surface area contributed by atoms with Gasteiger partial charge in [0.15, 0.2) is 0 Å². The van der Waals surface area contributed by atoms with Gasteiger partial charge in [0.1, 0.15) is 17.7 Å². The van der Waals surface area contributed by atoms with Gasteiger partial charge in [-0.25, -0.2) is 4.39 Å². The molecule has 1 N–H and O–H groups in total. The van der Waals surface area contributed by atoms with Crippen molar-refractivity contribution in [2.45, 2.75) is 32.5 Å². The van der Waals surface area contributed by atoms with Gasteiger partial charge in [-0.3, -0.25) is 0 Å². The molecule has 3 rings (SSSR count). The number of aliphatic hydroxyl groups is 1. The molecule has 0 radical (unpaired) electrons. The van der Waals surface area contributed by atoms with Gasteiger partial charge in [-0.1, -0.05) is 23.8 Å². The summed E-state index contributed by atoms with van der Waals surface area (Å²) in [4.78, 5) is 0. The molecule has 1 heterocycles. The molecule has 0 aromatic heterocycles. The third-order valence-electron chi connectivity index (χ3n) is 3.80. The van der Waals surface area contributed by atoms with E-state index in [1.807, 2.05) is 31.2 Å². The zero-order valence-corrected chi connectivity index (χ0v) is 11.6. The lowest BCUT2D eigenvalue weighted by Gasteiger charge is -2.30. The third-order valence-corrected chi connectivity index (χ3v) is 3.80. The maximum absolute atomic E-state index is 13.7. The second kappa shape index (κ2) is 4.91. The Hall–Kier alpha value is -1.87. The molecule has 1 aliphatic heterocycles. The van der Waals surface area contributed by atoms with Crippen molar-refractivity contribution in [2.24, 2.45) is 0 Å². The molecule has 0 saturated heterocycles. The van der Waals surface area contributed by atoms with Crippen molar-refractivity contribution in [2.75, 3.05) is 0 Å². The van der Waals surface area contributed by atoms with Crippen molar-refractivity contribution >= 4 is 0 Å². The summed E-state index contributed by atoms with van der Waals surface area (Å²) in [5, 5.41) is 10.3. The summed E-state index contributed by atoms with van der Waals surface area (Å²) in [7, 11) is 0. The molecule has 0 amide bonds. The first-order valence-electron chi connectivity index (χ1n) is 6.76. The maximum Gasteiger partial charge on any atom is 0.127 e. The van der Waals surface area contributed by atoms with E-state index in [0.717, 1.165) is 16.7 Å². The molecule has 0 fully saturated rings. The minimum atomic E-state index is -0.576. The molecule has 1 unspecified atom stereocenters. The quantitative estimate of drug-likeness (QED) is 0.850. The third kappa shape index (κ3) is 2.29. The number of halogens is 1. The summed E-state index contributed by atoms with van der Waals surface area (Å²) >= 11 is 0. The summed E-state index contributed by atoms with van der Waals surface area (Å²) in [6, 6.07) is 10.8. The number of hydrogen-bond donors (Lipinski definition) is 1. The number of hydrogen-bond acceptors (Lipinski definition) is 2. The van der Waals surface area contributed by atoms with Crippen molar-refractivity contribution in [3.8, 4) is 5.75 Å². The van der Waals surface area contributed by atoms with Crippen molar-refractivity contribution < 1.29 is 14.2 Å². The molecule has 0 bridgehead atoms. The predicted molar refractivity (Wildman–Crippen MR) is 75.3 cm³/mol. The van der Waals surface area contributed by atoms with Gasteiger partial charge in [0, 0.05) is 12.0 Å². The Labute approximate surface area is 117 Å². The lowest BCUT2D eigenvalue weighted by Crippen LogP contribution is -2.19. The molecule has 2 aromatic carbocycles. The number of aliphatic hydroxyl groups excluding tert-OH is 1. The molecular formula is C17H17FO2. The first-order chi connectivity index (χ1) is 9.54. The largest absolute Gasteiger partial charge is 0.485 e. The Kier molecular flexibility index (Phi) is 3.22. The Morgan fingerprint density at radius 3 is 2.70 bits per heavy atom. The zero-order chi connectivity index (χ0) is 14.3. The van der Waals surface area contributed by atoms with Gasteiger partial charge in [-0.05, 0) is 43.2 Å². The fraction of sp³-hybridized carbons (Fsp3) is 0.294. The number of rotatable bonds is 1. The molecule has 104 valence electrons. The highest BCUT2D eigenvalue weighted by atomic mass is 19.1. The standard InChI is InChI=1S/C17H17FO2/c1-10-3-6-16-13(7-10)15(19)9-17(20-16)12-5-4-11(2)14(18)8-12/h3-8,15,17,19H,9H2,1-2H3/t15-,17?/m0/s1. The Morgan fingerprint density at radius 1 is 1.15 bits per heavy atom. The van der Waals surface area contributed by atoms with E-state index in [1.165, 1.54) is 6.07 Å². The van der Waals surface area contributed by atoms with Gasteiger partial charge in [0.05, 0.1) is 6.10 Å². The highest BCUT2D eigenvalue weighted by Crippen LogP contribution is 2.41. The van der Waals surface area contributed by atoms with E-state index in [2.05, 4.69) is 0 Å². The van der Waals surface area contributed by atoms with E-state index < -0.39 is 6.10 Å². The Bertz CT molecular complexity index is 651. The van der Waals surface area contributed by atoms with Gasteiger partial charge in [-0.15, -0.1) is 0 Å². The highest BCUT2D eigenvalue weighted by Gasteiger charge is 2.28. The van der Waals surface area contributed by atoms with Crippen LogP contribution in [-0.4, -0.2) is 5.11 Å². The molecular weight excluding hydrogens is 255 g/mol. The summed E-state index contributed by atoms with van der Waals surface area (Å²) in [5.74, 6) is 0.440. The van der Waals surface area contributed by atoms with Crippen LogP contribution in [0.25, 0.3) is 0 Å². The fourth-order valence-electron chi connectivity index (χ4n) is 2.58. The van der Waals surface area contributed by atoms with Gasteiger partial charge in [-0.2, -0.15) is 0 Å². The second-order valence-electron chi connectivity index (χ2n) is 5.41. The minimum absolute atomic E-state index is 0.240. The molecule has 0 saturated carbocycles. The normalized spacial score (nSPS) is 21.2. The van der Waals surface area contributed by atoms with Crippen LogP contribution >= 0.6 is 0 Å². The van der Waals surface area contributed by atoms with E-state index in [-0.39, 0.29) is 11.9 Å². The highest BCUT2D eigenvalue weighted by molar-refractivity contribution is 5.41. The van der Waals surface area contributed by atoms with Crippen LogP contribution in [0, 0.1) is 19.7 Å². The maximum atomic E-state index is 13.7. The fourth-order valence-corrected chi connectivity index (χ4v) is 2.58. The average molecular weight is 272 g/mol. The number of ether oxygens (including phenoxy) is 1. The number of fused-ring (bicyclic) bond motifs is 1. The van der Waals surface area contributed by atoms with Gasteiger partial charge < -0.3 is 9.84 Å². The van der Waals surface area contributed by atoms with Crippen LogP contribution in [0.4, 0.5) is 4.39 Å². The lowest BCUT2D eigenvalue weighted by atomic mass is 9.93. The van der Waals surface area contributed by atoms with Crippen molar-refractivity contribution in [3.63, 3.8) is 0 Å². The first kappa shape index (κ1) is 13.1. The monoisotopic (exact) mass is 272 g/mol. The van der Waals surface area contributed by atoms with Crippen molar-refractivity contribution in [1.29, 1.82) is 0 Å². The van der Waals surface area contributed by atoms with E-state index >= 15 is 0 Å². The van der Waals surface area contributed by atoms with Crippen LogP contribution in [-0.2, 0) is 0 Å². The molecule has 2 nitrogen and oxygen atoms in total. The number of benzene rings is 2. The Morgan fingerprint density at radius 2 is 1.95 bits per heavy atom. The van der Waals surface area contributed by atoms with Crippen LogP contribution in [0.2, 0.25) is 0 Å². The predicted octanol–water partition coefficient (Wildman–Crippen LogP) is 4.00. The molecule has 0 aliphatic carbocycles. The second-order valence-corrected chi connectivity index (χ2v) is 5.41. The van der Waals surface area contributed by atoms with E-state index in [4.69, 9.17) is 4.74 Å². The topological polar surface area (TPSA) is 29.5 Å². The summed E-state index contributed by atoms with van der Waals surface area (Å²) in [6.07, 6.45) is -0.442. The summed E-state index contributed by atoms with van der Waals surface area (Å²) in [6.45, 7) is 3.71. The molecule has 2 atom stereocenters. The van der Waals surface area contributed by atoms with E-state index in [0.29, 0.717) is 17.7 Å². The van der Waals surface area contributed by atoms with Gasteiger partial charge in [0.25, 0.3) is 0 Å². The molecule has 0 spiro atoms. The molecule has 3 heteroatoms. The average Bonchev–Trinajstić information content (AvgIpc) is 2.42. The van der Waals surface area contributed by atoms with Crippen LogP contribution in [0.3, 0.4) is 0 Å². The zero-order valence-electron chi connectivity index (χ0n) is 11.6. The van der Waals surface area contributed by atoms with Crippen molar-refractivity contribution in [3.05, 3.63) is 64.5 Å². The molecule has 20 heavy (non-hydrogen) atoms. The van der Waals surface area contributed by atoms with Crippen molar-refractivity contribution in [1.82, 2.24) is 0 Å². The van der Waals surface area contributed by atoms with Gasteiger partial charge in [0.2, 0.25) is 0 Å². The van der Waals surface area contributed by atoms with Crippen LogP contribution in [0.5, 0.6) is 5.75 Å². The van der Waals surface area contributed by atoms with Crippen LogP contribution < -0.4 is 4.74 Å². The SMILES string of the molecule is Cc1ccc2c(c1)[C@@H](O)CC(c1ccc(C)c(F)c1)O2. The first-order valence-corrected chi connectivity index (χ1v) is 6.76. The molecule has 1 aliphatic rings. The van der Waals surface area contributed by atoms with Gasteiger partial charge >= 0.3 is 0 Å². The Balaban J connectivity index is 1.94. The minimum Gasteiger partial charge on any atom is -0.485 e. The van der Waals surface area contributed by atoms with E-state index in [1.54, 1.807) is 13.0 Å². The van der Waals surface area contributed by atoms with Crippen LogP contribution in [0.15, 0.2) is 36.4 Å². The summed E-state index contributed by atoms with van der Waals surface area (Å²) in [5.41, 5.74) is 3.28. The van der Waals surface area contributed by atoms with Crippen LogP contribution in [0.1, 0.15) is 40.9 Å². The van der Waals surface area contributed by atoms with E-state index in [9.17, 15) is 9.50 Å². The lowest BCUT2D eigenvalue weighted by molar-refractivity contribution is 0.0655. The number of aryl methyl sites for hydroxylation is 2.